The van der Waals surface area contributed by atoms with Crippen molar-refractivity contribution in [3.63, 3.8) is 0 Å². The summed E-state index contributed by atoms with van der Waals surface area (Å²) in [6.07, 6.45) is 8.35. The van der Waals surface area contributed by atoms with Gasteiger partial charge in [-0.2, -0.15) is 8.42 Å². The maximum atomic E-state index is 13.0. The third-order valence-corrected chi connectivity index (χ3v) is 11.8. The van der Waals surface area contributed by atoms with Crippen molar-refractivity contribution in [1.82, 2.24) is 0 Å². The van der Waals surface area contributed by atoms with Gasteiger partial charge >= 0.3 is 16.4 Å². The van der Waals surface area contributed by atoms with Gasteiger partial charge in [0.05, 0.1) is 19.1 Å². The van der Waals surface area contributed by atoms with E-state index in [-0.39, 0.29) is 27.9 Å². The molecule has 0 spiro atoms. The van der Waals surface area contributed by atoms with Gasteiger partial charge in [0.2, 0.25) is 0 Å². The lowest BCUT2D eigenvalue weighted by molar-refractivity contribution is -0.158. The Morgan fingerprint density at radius 1 is 1.05 bits per heavy atom. The largest absolute Gasteiger partial charge is 0.469 e. The van der Waals surface area contributed by atoms with Crippen molar-refractivity contribution < 1.29 is 31.5 Å². The molecule has 8 atom stereocenters. The van der Waals surface area contributed by atoms with E-state index in [0.717, 1.165) is 44.1 Å². The first-order chi connectivity index (χ1) is 17.6. The van der Waals surface area contributed by atoms with E-state index in [4.69, 9.17) is 8.92 Å². The Kier molecular flexibility index (Phi) is 7.87. The van der Waals surface area contributed by atoms with Gasteiger partial charge in [-0.15, -0.1) is 0 Å². The van der Waals surface area contributed by atoms with Crippen LogP contribution in [0.15, 0.2) is 22.8 Å². The van der Waals surface area contributed by atoms with Crippen molar-refractivity contribution in [1.29, 1.82) is 0 Å². The quantitative estimate of drug-likeness (QED) is 0.173. The topological polar surface area (TPSA) is 107 Å². The molecular weight excluding hydrogens is 504 g/mol. The second-order valence-electron chi connectivity index (χ2n) is 13.4. The number of ether oxygens (including phenoxy) is 1. The van der Waals surface area contributed by atoms with Crippen molar-refractivity contribution in [2.45, 2.75) is 105 Å². The molecule has 0 radical (unpaired) electrons. The van der Waals surface area contributed by atoms with Gasteiger partial charge in [0.1, 0.15) is 0 Å². The molecule has 4 aliphatic carbocycles. The number of ketones is 1. The molecule has 2 fully saturated rings. The number of fused-ring (bicyclic) bond motifs is 4. The average molecular weight is 551 g/mol. The molecule has 0 aliphatic heterocycles. The van der Waals surface area contributed by atoms with Gasteiger partial charge in [-0.1, -0.05) is 44.4 Å². The number of esters is 1. The summed E-state index contributed by atoms with van der Waals surface area (Å²) < 4.78 is 42.7. The molecule has 4 aliphatic rings. The minimum atomic E-state index is -4.69. The number of methoxy groups -OCH3 is 1. The summed E-state index contributed by atoms with van der Waals surface area (Å²) in [5, 5.41) is 0. The summed E-state index contributed by atoms with van der Waals surface area (Å²) in [4.78, 5) is 25.6. The van der Waals surface area contributed by atoms with Crippen LogP contribution in [0.5, 0.6) is 0 Å². The first-order valence-corrected chi connectivity index (χ1v) is 15.6. The number of rotatable bonds is 7. The van der Waals surface area contributed by atoms with Crippen molar-refractivity contribution in [2.24, 2.45) is 39.9 Å². The van der Waals surface area contributed by atoms with Gasteiger partial charge in [0, 0.05) is 6.42 Å². The molecule has 1 unspecified atom stereocenters. The van der Waals surface area contributed by atoms with Gasteiger partial charge in [0.15, 0.2) is 5.78 Å². The zero-order valence-corrected chi connectivity index (χ0v) is 24.9. The number of hydrogen-bond acceptors (Lipinski definition) is 6. The van der Waals surface area contributed by atoms with Crippen LogP contribution >= 0.6 is 0 Å². The maximum Gasteiger partial charge on any atom is 0.397 e. The molecule has 0 aromatic carbocycles. The third kappa shape index (κ3) is 4.83. The summed E-state index contributed by atoms with van der Waals surface area (Å²) in [5.74, 6) is -0.315. The van der Waals surface area contributed by atoms with E-state index in [2.05, 4.69) is 27.7 Å². The Morgan fingerprint density at radius 2 is 1.74 bits per heavy atom. The number of carbonyl (C=O) groups is 2. The zero-order valence-electron chi connectivity index (χ0n) is 24.1. The predicted octanol–water partition coefficient (Wildman–Crippen LogP) is 6.25. The number of hydrogen-bond donors (Lipinski definition) is 1. The summed E-state index contributed by atoms with van der Waals surface area (Å²) >= 11 is 0. The van der Waals surface area contributed by atoms with Crippen LogP contribution in [0.4, 0.5) is 0 Å². The Hall–Kier alpha value is -1.51. The van der Waals surface area contributed by atoms with Crippen molar-refractivity contribution in [3.05, 3.63) is 22.8 Å². The molecular formula is C30H46O7S. The molecule has 8 heteroatoms. The van der Waals surface area contributed by atoms with Gasteiger partial charge in [-0.25, -0.2) is 4.18 Å². The highest BCUT2D eigenvalue weighted by atomic mass is 32.3. The fourth-order valence-corrected chi connectivity index (χ4v) is 9.97. The van der Waals surface area contributed by atoms with Crippen molar-refractivity contribution in [3.8, 4) is 0 Å². The molecule has 214 valence electrons. The van der Waals surface area contributed by atoms with Crippen molar-refractivity contribution >= 4 is 22.2 Å². The zero-order chi connectivity index (χ0) is 28.3. The Morgan fingerprint density at radius 3 is 2.34 bits per heavy atom. The maximum absolute atomic E-state index is 13.0. The lowest BCUT2D eigenvalue weighted by Crippen LogP contribution is -2.54. The van der Waals surface area contributed by atoms with Crippen LogP contribution in [0.25, 0.3) is 0 Å². The minimum Gasteiger partial charge on any atom is -0.469 e. The Labute approximate surface area is 228 Å². The normalized spacial score (nSPS) is 39.5. The first-order valence-electron chi connectivity index (χ1n) is 14.2. The van der Waals surface area contributed by atoms with Gasteiger partial charge in [0.25, 0.3) is 0 Å². The first kappa shape index (κ1) is 29.5. The second-order valence-corrected chi connectivity index (χ2v) is 14.5. The minimum absolute atomic E-state index is 0.0373. The standard InChI is InChI=1S/C30H46O7S/c1-18(2)16-20(31)17-19(3)21-10-14-30(6)23-8-9-24-26(27(32)36-7)25(37-38(33,34)35)12-13-28(24,4)22(23)11-15-29(21,30)5/h16,19,21,24-26H,8-15,17H2,1-7H3,(H,33,34,35)/t19-,21-,24?,25+,26+,28-,29-,30+/m1/s1. The van der Waals surface area contributed by atoms with E-state index in [9.17, 15) is 22.6 Å². The summed E-state index contributed by atoms with van der Waals surface area (Å²) in [5.41, 5.74) is 3.92. The van der Waals surface area contributed by atoms with E-state index < -0.39 is 28.4 Å². The average Bonchev–Trinajstić information content (AvgIpc) is 3.08. The Bertz CT molecular complexity index is 1150. The van der Waals surface area contributed by atoms with E-state index >= 15 is 0 Å². The van der Waals surface area contributed by atoms with Crippen LogP contribution in [-0.2, 0) is 28.9 Å². The van der Waals surface area contributed by atoms with E-state index in [0.29, 0.717) is 31.1 Å². The SMILES string of the molecule is COC(=O)[C@H]1C2CCC3=C(CC[C@]4(C)[C@@H]([C@H](C)CC(=O)C=C(C)C)CC[C@@]34C)[C@@]2(C)CC[C@@H]1OS(=O)(=O)O. The van der Waals surface area contributed by atoms with Crippen LogP contribution in [-0.4, -0.2) is 37.9 Å². The highest BCUT2D eigenvalue weighted by Crippen LogP contribution is 2.71. The number of carbonyl (C=O) groups excluding carboxylic acids is 2. The van der Waals surface area contributed by atoms with Crippen LogP contribution in [0.3, 0.4) is 0 Å². The van der Waals surface area contributed by atoms with Crippen molar-refractivity contribution in [2.75, 3.05) is 7.11 Å². The molecule has 4 rings (SSSR count). The molecule has 1 N–H and O–H groups in total. The molecule has 2 saturated carbocycles. The lowest BCUT2D eigenvalue weighted by Gasteiger charge is -2.60. The highest BCUT2D eigenvalue weighted by Gasteiger charge is 2.63. The van der Waals surface area contributed by atoms with E-state index in [1.54, 1.807) is 6.08 Å². The number of allylic oxidation sites excluding steroid dienone is 4. The van der Waals surface area contributed by atoms with Crippen LogP contribution < -0.4 is 0 Å². The molecule has 0 saturated heterocycles. The van der Waals surface area contributed by atoms with E-state index in [1.165, 1.54) is 18.3 Å². The molecule has 7 nitrogen and oxygen atoms in total. The third-order valence-electron chi connectivity index (χ3n) is 11.3. The summed E-state index contributed by atoms with van der Waals surface area (Å²) in [6.45, 7) is 13.3. The van der Waals surface area contributed by atoms with Crippen LogP contribution in [0.2, 0.25) is 0 Å². The molecule has 0 aromatic heterocycles. The van der Waals surface area contributed by atoms with Gasteiger partial charge in [-0.3, -0.25) is 14.1 Å². The monoisotopic (exact) mass is 550 g/mol. The molecule has 0 aromatic rings. The molecule has 38 heavy (non-hydrogen) atoms. The summed E-state index contributed by atoms with van der Waals surface area (Å²) in [7, 11) is -3.37. The molecule has 0 heterocycles. The van der Waals surface area contributed by atoms with E-state index in [1.807, 2.05) is 13.8 Å². The summed E-state index contributed by atoms with van der Waals surface area (Å²) in [6, 6.07) is 0. The second kappa shape index (κ2) is 10.2. The molecule has 0 amide bonds. The van der Waals surface area contributed by atoms with Gasteiger partial charge < -0.3 is 4.74 Å². The fraction of sp³-hybridized carbons (Fsp3) is 0.800. The Balaban J connectivity index is 1.67. The van der Waals surface area contributed by atoms with Crippen LogP contribution in [0, 0.1) is 39.9 Å². The lowest BCUT2D eigenvalue weighted by atomic mass is 9.45. The highest BCUT2D eigenvalue weighted by molar-refractivity contribution is 7.80. The predicted molar refractivity (Wildman–Crippen MR) is 145 cm³/mol. The van der Waals surface area contributed by atoms with Gasteiger partial charge in [-0.05, 0) is 105 Å². The molecule has 0 bridgehead atoms. The van der Waals surface area contributed by atoms with Crippen LogP contribution in [0.1, 0.15) is 99.3 Å². The smallest absolute Gasteiger partial charge is 0.397 e. The fourth-order valence-electron chi connectivity index (χ4n) is 9.44.